The molecule has 0 spiro atoms. The Hall–Kier alpha value is -3.07. The molecule has 2 aliphatic rings. The van der Waals surface area contributed by atoms with Gasteiger partial charge in [0.15, 0.2) is 11.7 Å². The summed E-state index contributed by atoms with van der Waals surface area (Å²) in [7, 11) is 1.56. The number of hydrogen-bond acceptors (Lipinski definition) is 12. The third-order valence-electron chi connectivity index (χ3n) is 7.16. The summed E-state index contributed by atoms with van der Waals surface area (Å²) in [5, 5.41) is 51.2. The number of ether oxygens (including phenoxy) is 5. The van der Waals surface area contributed by atoms with Gasteiger partial charge in [0.1, 0.15) is 47.8 Å². The highest BCUT2D eigenvalue weighted by Crippen LogP contribution is 2.29. The van der Waals surface area contributed by atoms with Crippen LogP contribution in [0.1, 0.15) is 13.3 Å². The van der Waals surface area contributed by atoms with Gasteiger partial charge in [-0.2, -0.15) is 0 Å². The van der Waals surface area contributed by atoms with Crippen LogP contribution in [-0.4, -0.2) is 94.6 Å². The number of benzene rings is 2. The lowest BCUT2D eigenvalue weighted by molar-refractivity contribution is -0.307. The Morgan fingerprint density at radius 1 is 0.875 bits per heavy atom. The third-order valence-corrected chi connectivity index (χ3v) is 7.16. The highest BCUT2D eigenvalue weighted by Gasteiger charge is 2.44. The van der Waals surface area contributed by atoms with Gasteiger partial charge in [-0.1, -0.05) is 12.1 Å². The van der Waals surface area contributed by atoms with E-state index >= 15 is 0 Å². The summed E-state index contributed by atoms with van der Waals surface area (Å²) in [6, 6.07) is 11.6. The summed E-state index contributed by atoms with van der Waals surface area (Å²) in [6.07, 6.45) is -9.50. The van der Waals surface area contributed by atoms with Crippen molar-refractivity contribution in [3.05, 3.63) is 59.0 Å². The van der Waals surface area contributed by atoms with Crippen molar-refractivity contribution < 1.29 is 53.6 Å². The molecule has 12 heteroatoms. The molecule has 40 heavy (non-hydrogen) atoms. The summed E-state index contributed by atoms with van der Waals surface area (Å²) < 4.78 is 33.5. The predicted octanol–water partition coefficient (Wildman–Crippen LogP) is 0.528. The third kappa shape index (κ3) is 5.71. The van der Waals surface area contributed by atoms with E-state index in [9.17, 15) is 30.3 Å². The zero-order valence-corrected chi connectivity index (χ0v) is 21.8. The van der Waals surface area contributed by atoms with Gasteiger partial charge >= 0.3 is 0 Å². The van der Waals surface area contributed by atoms with E-state index in [1.54, 1.807) is 37.4 Å². The SMILES string of the molecule is COc1ccc(-c2coc3cc(OC4OC(COC5OC(C)C(O)C(O)C5O)CC(O)C4O)ccc3c2=O)cc1. The van der Waals surface area contributed by atoms with Gasteiger partial charge in [0.25, 0.3) is 0 Å². The van der Waals surface area contributed by atoms with E-state index < -0.39 is 55.3 Å². The van der Waals surface area contributed by atoms with E-state index in [0.717, 1.165) is 0 Å². The predicted molar refractivity (Wildman–Crippen MR) is 139 cm³/mol. The fourth-order valence-corrected chi connectivity index (χ4v) is 4.76. The molecule has 9 atom stereocenters. The van der Waals surface area contributed by atoms with Crippen LogP contribution in [0.2, 0.25) is 0 Å². The summed E-state index contributed by atoms with van der Waals surface area (Å²) in [4.78, 5) is 13.1. The Kier molecular flexibility index (Phi) is 8.40. The van der Waals surface area contributed by atoms with Crippen molar-refractivity contribution >= 4 is 11.0 Å². The van der Waals surface area contributed by atoms with Crippen LogP contribution in [0.5, 0.6) is 11.5 Å². The van der Waals surface area contributed by atoms with E-state index in [2.05, 4.69) is 0 Å². The maximum absolute atomic E-state index is 13.1. The van der Waals surface area contributed by atoms with Gasteiger partial charge in [0, 0.05) is 12.5 Å². The Morgan fingerprint density at radius 3 is 2.33 bits per heavy atom. The molecule has 0 bridgehead atoms. The number of aliphatic hydroxyl groups excluding tert-OH is 5. The highest BCUT2D eigenvalue weighted by molar-refractivity contribution is 5.82. The van der Waals surface area contributed by atoms with Crippen LogP contribution in [-0.2, 0) is 14.2 Å². The topological polar surface area (TPSA) is 178 Å². The minimum absolute atomic E-state index is 0.00526. The molecule has 9 unspecified atom stereocenters. The molecule has 12 nitrogen and oxygen atoms in total. The molecule has 0 aliphatic carbocycles. The van der Waals surface area contributed by atoms with Crippen molar-refractivity contribution in [3.8, 4) is 22.6 Å². The van der Waals surface area contributed by atoms with E-state index in [0.29, 0.717) is 22.3 Å². The van der Waals surface area contributed by atoms with Crippen molar-refractivity contribution in [1.29, 1.82) is 0 Å². The normalized spacial score (nSPS) is 32.6. The van der Waals surface area contributed by atoms with Crippen LogP contribution in [0.25, 0.3) is 22.1 Å². The van der Waals surface area contributed by atoms with Crippen LogP contribution in [0.3, 0.4) is 0 Å². The molecular weight excluding hydrogens is 528 g/mol. The minimum atomic E-state index is -1.49. The first-order valence-corrected chi connectivity index (χ1v) is 12.9. The zero-order chi connectivity index (χ0) is 28.6. The van der Waals surface area contributed by atoms with Crippen LogP contribution >= 0.6 is 0 Å². The highest BCUT2D eigenvalue weighted by atomic mass is 16.7. The molecule has 3 aromatic rings. The largest absolute Gasteiger partial charge is 0.497 e. The standard InChI is InChI=1S/C28H32O12/c1-13-22(30)25(33)26(34)27(38-13)37-11-17-9-20(29)24(32)28(40-17)39-16-7-8-18-21(10-16)36-12-19(23(18)31)14-3-5-15(35-2)6-4-14/h3-8,10,12-13,17,20,22,24-30,32-34H,9,11H2,1-2H3. The Balaban J connectivity index is 1.27. The number of fused-ring (bicyclic) bond motifs is 1. The minimum Gasteiger partial charge on any atom is -0.497 e. The fraction of sp³-hybridized carbons (Fsp3) is 0.464. The lowest BCUT2D eigenvalue weighted by Gasteiger charge is -2.40. The van der Waals surface area contributed by atoms with Crippen LogP contribution in [0.15, 0.2) is 57.9 Å². The Labute approximate surface area is 228 Å². The second-order valence-corrected chi connectivity index (χ2v) is 9.92. The molecule has 2 fully saturated rings. The molecule has 5 rings (SSSR count). The van der Waals surface area contributed by atoms with Crippen molar-refractivity contribution in [2.45, 2.75) is 68.7 Å². The van der Waals surface area contributed by atoms with Crippen molar-refractivity contribution in [3.63, 3.8) is 0 Å². The molecular formula is C28H32O12. The van der Waals surface area contributed by atoms with Gasteiger partial charge in [-0.3, -0.25) is 4.79 Å². The first-order chi connectivity index (χ1) is 19.2. The van der Waals surface area contributed by atoms with E-state index in [4.69, 9.17) is 28.1 Å². The monoisotopic (exact) mass is 560 g/mol. The van der Waals surface area contributed by atoms with Gasteiger partial charge in [-0.15, -0.1) is 0 Å². The molecule has 216 valence electrons. The smallest absolute Gasteiger partial charge is 0.229 e. The molecule has 5 N–H and O–H groups in total. The van der Waals surface area contributed by atoms with Crippen molar-refractivity contribution in [1.82, 2.24) is 0 Å². The quantitative estimate of drug-likeness (QED) is 0.271. The molecule has 0 saturated carbocycles. The van der Waals surface area contributed by atoms with Gasteiger partial charge in [0.05, 0.1) is 43.0 Å². The second-order valence-electron chi connectivity index (χ2n) is 9.92. The number of hydrogen-bond donors (Lipinski definition) is 5. The van der Waals surface area contributed by atoms with Crippen LogP contribution in [0, 0.1) is 0 Å². The second kappa shape index (κ2) is 11.8. The first-order valence-electron chi connectivity index (χ1n) is 12.9. The zero-order valence-electron chi connectivity index (χ0n) is 21.8. The molecule has 0 amide bonds. The maximum atomic E-state index is 13.1. The molecule has 0 radical (unpaired) electrons. The number of aliphatic hydroxyl groups is 5. The average Bonchev–Trinajstić information content (AvgIpc) is 2.96. The Bertz CT molecular complexity index is 1360. The lowest BCUT2D eigenvalue weighted by Crippen LogP contribution is -2.58. The van der Waals surface area contributed by atoms with Gasteiger partial charge in [-0.25, -0.2) is 0 Å². The van der Waals surface area contributed by atoms with Gasteiger partial charge in [-0.05, 0) is 36.8 Å². The van der Waals surface area contributed by atoms with Crippen molar-refractivity contribution in [2.24, 2.45) is 0 Å². The van der Waals surface area contributed by atoms with E-state index in [1.165, 1.54) is 25.3 Å². The first kappa shape index (κ1) is 28.5. The summed E-state index contributed by atoms with van der Waals surface area (Å²) in [5.41, 5.74) is 1.07. The molecule has 2 aromatic carbocycles. The van der Waals surface area contributed by atoms with Gasteiger partial charge in [0.2, 0.25) is 6.29 Å². The van der Waals surface area contributed by atoms with Gasteiger partial charge < -0.3 is 53.6 Å². The summed E-state index contributed by atoms with van der Waals surface area (Å²) in [5.74, 6) is 0.887. The molecule has 2 saturated heterocycles. The average molecular weight is 561 g/mol. The van der Waals surface area contributed by atoms with E-state index in [-0.39, 0.29) is 29.8 Å². The Morgan fingerprint density at radius 2 is 1.60 bits per heavy atom. The number of methoxy groups -OCH3 is 1. The maximum Gasteiger partial charge on any atom is 0.229 e. The fourth-order valence-electron chi connectivity index (χ4n) is 4.76. The lowest BCUT2D eigenvalue weighted by atomic mass is 10.00. The number of rotatable bonds is 7. The summed E-state index contributed by atoms with van der Waals surface area (Å²) in [6.45, 7) is 1.37. The van der Waals surface area contributed by atoms with Crippen LogP contribution < -0.4 is 14.9 Å². The van der Waals surface area contributed by atoms with E-state index in [1.807, 2.05) is 0 Å². The van der Waals surface area contributed by atoms with Crippen LogP contribution in [0.4, 0.5) is 0 Å². The van der Waals surface area contributed by atoms with Crippen molar-refractivity contribution in [2.75, 3.05) is 13.7 Å². The molecule has 1 aromatic heterocycles. The molecule has 2 aliphatic heterocycles. The molecule has 3 heterocycles. The summed E-state index contributed by atoms with van der Waals surface area (Å²) >= 11 is 0.